The fourth-order valence-corrected chi connectivity index (χ4v) is 4.65. The normalized spacial score (nSPS) is 16.3. The zero-order valence-corrected chi connectivity index (χ0v) is 21.0. The summed E-state index contributed by atoms with van der Waals surface area (Å²) in [6.45, 7) is 6.46. The van der Waals surface area contributed by atoms with Crippen LogP contribution in [0.1, 0.15) is 42.4 Å². The van der Waals surface area contributed by atoms with E-state index in [4.69, 9.17) is 19.4 Å². The third-order valence-corrected chi connectivity index (χ3v) is 6.64. The first-order valence-electron chi connectivity index (χ1n) is 12.9. The van der Waals surface area contributed by atoms with Crippen LogP contribution in [-0.2, 0) is 22.6 Å². The summed E-state index contributed by atoms with van der Waals surface area (Å²) >= 11 is 0. The van der Waals surface area contributed by atoms with Crippen molar-refractivity contribution < 1.29 is 9.47 Å². The first-order valence-corrected chi connectivity index (χ1v) is 12.9. The second-order valence-corrected chi connectivity index (χ2v) is 9.54. The van der Waals surface area contributed by atoms with Gasteiger partial charge in [-0.3, -0.25) is 0 Å². The van der Waals surface area contributed by atoms with Crippen molar-refractivity contribution in [3.63, 3.8) is 0 Å². The molecule has 1 saturated heterocycles. The van der Waals surface area contributed by atoms with Gasteiger partial charge in [0.2, 0.25) is 5.95 Å². The number of ether oxygens (including phenoxy) is 2. The van der Waals surface area contributed by atoms with E-state index in [1.807, 2.05) is 6.07 Å². The number of nitrogens with zero attached hydrogens (tertiary/aromatic N) is 3. The Bertz CT molecular complexity index is 1110. The topological polar surface area (TPSA) is 83.6 Å². The number of hydrazine groups is 1. The summed E-state index contributed by atoms with van der Waals surface area (Å²) in [5, 5.41) is 3.38. The first kappa shape index (κ1) is 24.5. The number of hydrogen-bond acceptors (Lipinski definition) is 8. The lowest BCUT2D eigenvalue weighted by Crippen LogP contribution is -2.37. The van der Waals surface area contributed by atoms with Crippen molar-refractivity contribution in [3.8, 4) is 0 Å². The van der Waals surface area contributed by atoms with Gasteiger partial charge in [0.25, 0.3) is 0 Å². The van der Waals surface area contributed by atoms with Crippen LogP contribution in [0.3, 0.4) is 0 Å². The summed E-state index contributed by atoms with van der Waals surface area (Å²) in [5.41, 5.74) is 11.1. The number of rotatable bonds is 10. The van der Waals surface area contributed by atoms with Crippen LogP contribution in [0.5, 0.6) is 0 Å². The van der Waals surface area contributed by atoms with Crippen LogP contribution in [0.25, 0.3) is 0 Å². The van der Waals surface area contributed by atoms with Crippen LogP contribution in [0, 0.1) is 6.92 Å². The molecule has 2 aromatic carbocycles. The third kappa shape index (κ3) is 6.94. The van der Waals surface area contributed by atoms with Gasteiger partial charge in [-0.05, 0) is 43.0 Å². The molecule has 8 nitrogen and oxygen atoms in total. The molecule has 1 aliphatic heterocycles. The SMILES string of the molecule is Cc1cccc(CNNc2cc(N3CCOCC3)nc(Nc3ccc(COC4CCCC4)cc3)n2)c1. The average molecular weight is 489 g/mol. The summed E-state index contributed by atoms with van der Waals surface area (Å²) < 4.78 is 11.6. The van der Waals surface area contributed by atoms with E-state index in [9.17, 15) is 0 Å². The molecular formula is C28H36N6O2. The molecule has 2 heterocycles. The van der Waals surface area contributed by atoms with Gasteiger partial charge in [-0.25, -0.2) is 5.43 Å². The number of anilines is 4. The smallest absolute Gasteiger partial charge is 0.231 e. The summed E-state index contributed by atoms with van der Waals surface area (Å²) in [7, 11) is 0. The second kappa shape index (κ2) is 12.2. The fourth-order valence-electron chi connectivity index (χ4n) is 4.65. The van der Waals surface area contributed by atoms with Crippen LogP contribution in [0.2, 0.25) is 0 Å². The molecule has 0 unspecified atom stereocenters. The number of morpholine rings is 1. The number of nitrogens with one attached hydrogen (secondary N) is 3. The van der Waals surface area contributed by atoms with Crippen molar-refractivity contribution in [3.05, 3.63) is 71.3 Å². The summed E-state index contributed by atoms with van der Waals surface area (Å²) in [5.74, 6) is 2.13. The zero-order chi connectivity index (χ0) is 24.6. The van der Waals surface area contributed by atoms with E-state index in [1.54, 1.807) is 0 Å². The van der Waals surface area contributed by atoms with E-state index in [-0.39, 0.29) is 0 Å². The van der Waals surface area contributed by atoms with Crippen molar-refractivity contribution >= 4 is 23.3 Å². The number of aryl methyl sites for hydroxylation is 1. The molecule has 0 atom stereocenters. The molecule has 2 aliphatic rings. The van der Waals surface area contributed by atoms with E-state index in [0.29, 0.717) is 44.2 Å². The van der Waals surface area contributed by atoms with Crippen LogP contribution in [0.15, 0.2) is 54.6 Å². The highest BCUT2D eigenvalue weighted by molar-refractivity contribution is 5.59. The lowest BCUT2D eigenvalue weighted by Gasteiger charge is -2.28. The van der Waals surface area contributed by atoms with Crippen molar-refractivity contribution in [2.45, 2.75) is 51.9 Å². The minimum Gasteiger partial charge on any atom is -0.378 e. The minimum absolute atomic E-state index is 0.421. The molecule has 1 saturated carbocycles. The largest absolute Gasteiger partial charge is 0.378 e. The molecule has 2 fully saturated rings. The van der Waals surface area contributed by atoms with Crippen molar-refractivity contribution in [2.75, 3.05) is 41.9 Å². The molecule has 1 aliphatic carbocycles. The van der Waals surface area contributed by atoms with Gasteiger partial charge in [0.05, 0.1) is 25.9 Å². The van der Waals surface area contributed by atoms with Crippen LogP contribution >= 0.6 is 0 Å². The van der Waals surface area contributed by atoms with Crippen molar-refractivity contribution in [1.82, 2.24) is 15.4 Å². The number of aromatic nitrogens is 2. The second-order valence-electron chi connectivity index (χ2n) is 9.54. The van der Waals surface area contributed by atoms with Crippen LogP contribution in [-0.4, -0.2) is 42.4 Å². The number of hydrogen-bond donors (Lipinski definition) is 3. The Kier molecular flexibility index (Phi) is 8.28. The molecule has 0 radical (unpaired) electrons. The van der Waals surface area contributed by atoms with Gasteiger partial charge < -0.3 is 25.1 Å². The molecule has 8 heteroatoms. The molecule has 3 N–H and O–H groups in total. The molecule has 0 spiro atoms. The predicted molar refractivity (Wildman–Crippen MR) is 143 cm³/mol. The van der Waals surface area contributed by atoms with Crippen LogP contribution < -0.4 is 21.1 Å². The Morgan fingerprint density at radius 1 is 0.972 bits per heavy atom. The highest BCUT2D eigenvalue weighted by atomic mass is 16.5. The maximum absolute atomic E-state index is 6.05. The van der Waals surface area contributed by atoms with Gasteiger partial charge in [0, 0.05) is 31.4 Å². The maximum atomic E-state index is 6.05. The molecule has 1 aromatic heterocycles. The Hall–Kier alpha value is -3.20. The lowest BCUT2D eigenvalue weighted by molar-refractivity contribution is 0.0457. The zero-order valence-electron chi connectivity index (χ0n) is 21.0. The molecule has 0 amide bonds. The first-order chi connectivity index (χ1) is 17.7. The quantitative estimate of drug-likeness (QED) is 0.346. The molecule has 5 rings (SSSR count). The van der Waals surface area contributed by atoms with Gasteiger partial charge in [0.15, 0.2) is 0 Å². The Balaban J connectivity index is 1.25. The van der Waals surface area contributed by atoms with Crippen LogP contribution in [0.4, 0.5) is 23.3 Å². The Morgan fingerprint density at radius 3 is 2.56 bits per heavy atom. The molecule has 0 bridgehead atoms. The fraction of sp³-hybridized carbons (Fsp3) is 0.429. The van der Waals surface area contributed by atoms with E-state index in [1.165, 1.54) is 42.4 Å². The summed E-state index contributed by atoms with van der Waals surface area (Å²) in [6.07, 6.45) is 5.37. The summed E-state index contributed by atoms with van der Waals surface area (Å²) in [4.78, 5) is 11.7. The van der Waals surface area contributed by atoms with Gasteiger partial charge in [-0.1, -0.05) is 54.8 Å². The minimum atomic E-state index is 0.421. The molecular weight excluding hydrogens is 452 g/mol. The predicted octanol–water partition coefficient (Wildman–Crippen LogP) is 4.94. The Morgan fingerprint density at radius 2 is 1.78 bits per heavy atom. The average Bonchev–Trinajstić information content (AvgIpc) is 3.43. The van der Waals surface area contributed by atoms with E-state index < -0.39 is 0 Å². The Labute approximate surface area is 213 Å². The van der Waals surface area contributed by atoms with Crippen molar-refractivity contribution in [2.24, 2.45) is 0 Å². The standard InChI is InChI=1S/C28H36N6O2/c1-21-5-4-6-23(17-21)19-29-33-26-18-27(34-13-15-35-16-14-34)32-28(31-26)30-24-11-9-22(10-12-24)20-36-25-7-2-3-8-25/h4-6,9-12,17-18,25,29H,2-3,7-8,13-16,19-20H2,1H3,(H2,30,31,32,33). The highest BCUT2D eigenvalue weighted by Crippen LogP contribution is 2.24. The summed E-state index contributed by atoms with van der Waals surface area (Å²) in [6, 6.07) is 18.7. The number of benzene rings is 2. The van der Waals surface area contributed by atoms with Gasteiger partial charge in [0.1, 0.15) is 11.6 Å². The lowest BCUT2D eigenvalue weighted by atomic mass is 10.1. The molecule has 36 heavy (non-hydrogen) atoms. The highest BCUT2D eigenvalue weighted by Gasteiger charge is 2.16. The van der Waals surface area contributed by atoms with Gasteiger partial charge in [-0.15, -0.1) is 0 Å². The van der Waals surface area contributed by atoms with E-state index in [0.717, 1.165) is 24.6 Å². The third-order valence-electron chi connectivity index (χ3n) is 6.64. The van der Waals surface area contributed by atoms with Gasteiger partial charge >= 0.3 is 0 Å². The monoisotopic (exact) mass is 488 g/mol. The van der Waals surface area contributed by atoms with E-state index in [2.05, 4.69) is 76.5 Å². The van der Waals surface area contributed by atoms with Crippen molar-refractivity contribution in [1.29, 1.82) is 0 Å². The molecule has 190 valence electrons. The van der Waals surface area contributed by atoms with E-state index >= 15 is 0 Å². The maximum Gasteiger partial charge on any atom is 0.231 e. The molecule has 3 aromatic rings. The van der Waals surface area contributed by atoms with Gasteiger partial charge in [-0.2, -0.15) is 9.97 Å².